The van der Waals surface area contributed by atoms with E-state index in [0.717, 1.165) is 0 Å². The number of sulfonamides is 1. The first-order valence-electron chi connectivity index (χ1n) is 6.24. The van der Waals surface area contributed by atoms with Gasteiger partial charge in [0, 0.05) is 11.6 Å². The number of aliphatic hydroxyl groups is 1. The molecule has 0 amide bonds. The first kappa shape index (κ1) is 16.0. The van der Waals surface area contributed by atoms with Crippen molar-refractivity contribution >= 4 is 21.6 Å². The molecule has 1 atom stereocenters. The van der Waals surface area contributed by atoms with Crippen LogP contribution in [-0.4, -0.2) is 20.1 Å². The van der Waals surface area contributed by atoms with Gasteiger partial charge in [0.1, 0.15) is 11.4 Å². The Balaban J connectivity index is 2.21. The minimum absolute atomic E-state index is 0.0882. The summed E-state index contributed by atoms with van der Waals surface area (Å²) >= 11 is 5.84. The van der Waals surface area contributed by atoms with Crippen molar-refractivity contribution in [3.63, 3.8) is 0 Å². The standard InChI is InChI=1S/C14H16ClNO4S/c1-10-5-6-11(15)8-12(10)21(18,19)16-9-14(2,17)13-4-3-7-20-13/h3-8,16-17H,9H2,1-2H3. The number of aryl methyl sites for hydroxylation is 1. The molecule has 0 aliphatic heterocycles. The summed E-state index contributed by atoms with van der Waals surface area (Å²) in [5.41, 5.74) is -0.868. The van der Waals surface area contributed by atoms with E-state index in [-0.39, 0.29) is 17.2 Å². The van der Waals surface area contributed by atoms with Gasteiger partial charge in [-0.05, 0) is 43.7 Å². The maximum absolute atomic E-state index is 12.3. The van der Waals surface area contributed by atoms with E-state index in [2.05, 4.69) is 4.72 Å². The summed E-state index contributed by atoms with van der Waals surface area (Å²) < 4.78 is 32.1. The first-order chi connectivity index (χ1) is 9.72. The van der Waals surface area contributed by atoms with Crippen LogP contribution in [0.15, 0.2) is 45.9 Å². The van der Waals surface area contributed by atoms with Crippen LogP contribution in [0.2, 0.25) is 5.02 Å². The van der Waals surface area contributed by atoms with E-state index in [0.29, 0.717) is 10.6 Å². The Hall–Kier alpha value is -1.34. The molecule has 0 saturated carbocycles. The third kappa shape index (κ3) is 3.65. The van der Waals surface area contributed by atoms with Crippen molar-refractivity contribution in [2.24, 2.45) is 0 Å². The Morgan fingerprint density at radius 2 is 2.10 bits per heavy atom. The summed E-state index contributed by atoms with van der Waals surface area (Å²) in [5, 5.41) is 10.6. The minimum Gasteiger partial charge on any atom is -0.466 e. The van der Waals surface area contributed by atoms with Crippen molar-refractivity contribution in [3.8, 4) is 0 Å². The second-order valence-electron chi connectivity index (χ2n) is 4.99. The van der Waals surface area contributed by atoms with Gasteiger partial charge in [0.05, 0.1) is 11.2 Å². The minimum atomic E-state index is -3.77. The molecule has 0 spiro atoms. The highest BCUT2D eigenvalue weighted by Crippen LogP contribution is 2.23. The normalized spacial score (nSPS) is 14.9. The molecule has 0 saturated heterocycles. The van der Waals surface area contributed by atoms with Crippen LogP contribution in [0.5, 0.6) is 0 Å². The molecule has 1 unspecified atom stereocenters. The van der Waals surface area contributed by atoms with Crippen LogP contribution in [0, 0.1) is 6.92 Å². The number of hydrogen-bond acceptors (Lipinski definition) is 4. The Morgan fingerprint density at radius 3 is 2.71 bits per heavy atom. The molecule has 114 valence electrons. The fourth-order valence-electron chi connectivity index (χ4n) is 1.85. The number of furan rings is 1. The third-order valence-corrected chi connectivity index (χ3v) is 4.88. The summed E-state index contributed by atoms with van der Waals surface area (Å²) in [5.74, 6) is 0.285. The molecule has 0 aliphatic rings. The number of hydrogen-bond donors (Lipinski definition) is 2. The molecule has 0 fully saturated rings. The molecule has 0 bridgehead atoms. The molecule has 21 heavy (non-hydrogen) atoms. The zero-order valence-electron chi connectivity index (χ0n) is 11.6. The average Bonchev–Trinajstić information content (AvgIpc) is 2.94. The van der Waals surface area contributed by atoms with Crippen LogP contribution >= 0.6 is 11.6 Å². The maximum atomic E-state index is 12.3. The van der Waals surface area contributed by atoms with Crippen LogP contribution in [-0.2, 0) is 15.6 Å². The molecular formula is C14H16ClNO4S. The highest BCUT2D eigenvalue weighted by molar-refractivity contribution is 7.89. The summed E-state index contributed by atoms with van der Waals surface area (Å²) in [7, 11) is -3.77. The third-order valence-electron chi connectivity index (χ3n) is 3.10. The molecule has 1 aromatic carbocycles. The van der Waals surface area contributed by atoms with Gasteiger partial charge < -0.3 is 9.52 Å². The van der Waals surface area contributed by atoms with Gasteiger partial charge in [-0.25, -0.2) is 13.1 Å². The van der Waals surface area contributed by atoms with Gasteiger partial charge in [-0.3, -0.25) is 0 Å². The lowest BCUT2D eigenvalue weighted by Gasteiger charge is -2.21. The van der Waals surface area contributed by atoms with Crippen molar-refractivity contribution in [3.05, 3.63) is 52.9 Å². The SMILES string of the molecule is Cc1ccc(Cl)cc1S(=O)(=O)NCC(C)(O)c1ccco1. The van der Waals surface area contributed by atoms with E-state index in [9.17, 15) is 13.5 Å². The molecule has 1 aromatic heterocycles. The van der Waals surface area contributed by atoms with Gasteiger partial charge in [0.15, 0.2) is 0 Å². The molecular weight excluding hydrogens is 314 g/mol. The average molecular weight is 330 g/mol. The second kappa shape index (κ2) is 5.81. The largest absolute Gasteiger partial charge is 0.466 e. The molecule has 2 N–H and O–H groups in total. The molecule has 0 aliphatic carbocycles. The molecule has 2 aromatic rings. The Bertz CT molecular complexity index is 723. The lowest BCUT2D eigenvalue weighted by Crippen LogP contribution is -2.38. The fourth-order valence-corrected chi connectivity index (χ4v) is 3.49. The quantitative estimate of drug-likeness (QED) is 0.883. The number of benzene rings is 1. The van der Waals surface area contributed by atoms with E-state index in [1.54, 1.807) is 31.2 Å². The van der Waals surface area contributed by atoms with E-state index < -0.39 is 15.6 Å². The number of halogens is 1. The summed E-state index contributed by atoms with van der Waals surface area (Å²) in [4.78, 5) is 0.0882. The summed E-state index contributed by atoms with van der Waals surface area (Å²) in [6.07, 6.45) is 1.42. The van der Waals surface area contributed by atoms with Crippen molar-refractivity contribution < 1.29 is 17.9 Å². The zero-order chi connectivity index (χ0) is 15.7. The van der Waals surface area contributed by atoms with Gasteiger partial charge in [-0.1, -0.05) is 17.7 Å². The Kier molecular flexibility index (Phi) is 4.43. The van der Waals surface area contributed by atoms with Gasteiger partial charge in [-0.15, -0.1) is 0 Å². The first-order valence-corrected chi connectivity index (χ1v) is 8.11. The van der Waals surface area contributed by atoms with Gasteiger partial charge >= 0.3 is 0 Å². The highest BCUT2D eigenvalue weighted by Gasteiger charge is 2.29. The van der Waals surface area contributed by atoms with Crippen molar-refractivity contribution in [2.45, 2.75) is 24.3 Å². The van der Waals surface area contributed by atoms with Crippen LogP contribution in [0.4, 0.5) is 0 Å². The van der Waals surface area contributed by atoms with Crippen LogP contribution in [0.3, 0.4) is 0 Å². The second-order valence-corrected chi connectivity index (χ2v) is 7.16. The van der Waals surface area contributed by atoms with Crippen molar-refractivity contribution in [1.29, 1.82) is 0 Å². The van der Waals surface area contributed by atoms with Crippen molar-refractivity contribution in [1.82, 2.24) is 4.72 Å². The predicted molar refractivity (Wildman–Crippen MR) is 79.7 cm³/mol. The van der Waals surface area contributed by atoms with Crippen LogP contribution in [0.25, 0.3) is 0 Å². The van der Waals surface area contributed by atoms with Gasteiger partial charge in [0.2, 0.25) is 10.0 Å². The van der Waals surface area contributed by atoms with E-state index in [4.69, 9.17) is 16.0 Å². The molecule has 5 nitrogen and oxygen atoms in total. The van der Waals surface area contributed by atoms with Crippen molar-refractivity contribution in [2.75, 3.05) is 6.54 Å². The van der Waals surface area contributed by atoms with E-state index in [1.807, 2.05) is 0 Å². The Morgan fingerprint density at radius 1 is 1.38 bits per heavy atom. The number of nitrogens with one attached hydrogen (secondary N) is 1. The highest BCUT2D eigenvalue weighted by atomic mass is 35.5. The topological polar surface area (TPSA) is 79.5 Å². The summed E-state index contributed by atoms with van der Waals surface area (Å²) in [6.45, 7) is 2.93. The van der Waals surface area contributed by atoms with Crippen LogP contribution < -0.4 is 4.72 Å². The van der Waals surface area contributed by atoms with Crippen LogP contribution in [0.1, 0.15) is 18.2 Å². The van der Waals surface area contributed by atoms with Gasteiger partial charge in [0.25, 0.3) is 0 Å². The lowest BCUT2D eigenvalue weighted by atomic mass is 10.1. The number of rotatable bonds is 5. The monoisotopic (exact) mass is 329 g/mol. The molecule has 0 radical (unpaired) electrons. The Labute approximate surface area is 128 Å². The van der Waals surface area contributed by atoms with E-state index in [1.165, 1.54) is 19.3 Å². The maximum Gasteiger partial charge on any atom is 0.240 e. The smallest absolute Gasteiger partial charge is 0.240 e. The molecule has 2 rings (SSSR count). The summed E-state index contributed by atoms with van der Waals surface area (Å²) in [6, 6.07) is 7.83. The molecule has 7 heteroatoms. The van der Waals surface area contributed by atoms with E-state index >= 15 is 0 Å². The molecule has 1 heterocycles. The fraction of sp³-hybridized carbons (Fsp3) is 0.286. The predicted octanol–water partition coefficient (Wildman–Crippen LogP) is 2.43. The lowest BCUT2D eigenvalue weighted by molar-refractivity contribution is 0.0395. The van der Waals surface area contributed by atoms with Gasteiger partial charge in [-0.2, -0.15) is 0 Å². The zero-order valence-corrected chi connectivity index (χ0v) is 13.2.